The minimum atomic E-state index is -0.831. The van der Waals surface area contributed by atoms with Gasteiger partial charge in [-0.3, -0.25) is 9.59 Å². The van der Waals surface area contributed by atoms with Crippen LogP contribution in [-0.4, -0.2) is 49.7 Å². The number of halogens is 1. The molecule has 1 heterocycles. The fourth-order valence-corrected chi connectivity index (χ4v) is 4.00. The number of nitrogens with one attached hydrogen (secondary N) is 2. The number of carbonyl (C=O) groups excluding carboxylic acids is 4. The van der Waals surface area contributed by atoms with E-state index in [9.17, 15) is 19.2 Å². The second-order valence-corrected chi connectivity index (χ2v) is 10.6. The summed E-state index contributed by atoms with van der Waals surface area (Å²) in [5, 5.41) is 5.92. The van der Waals surface area contributed by atoms with Crippen molar-refractivity contribution in [2.75, 3.05) is 7.11 Å². The van der Waals surface area contributed by atoms with E-state index in [0.29, 0.717) is 37.1 Å². The molecule has 0 saturated carbocycles. The van der Waals surface area contributed by atoms with Gasteiger partial charge in [0.2, 0.25) is 12.3 Å². The molecular formula is C34H44ClN3O7. The van der Waals surface area contributed by atoms with Crippen LogP contribution in [0.1, 0.15) is 52.0 Å². The van der Waals surface area contributed by atoms with Crippen molar-refractivity contribution in [2.45, 2.75) is 71.1 Å². The maximum atomic E-state index is 12.0. The first kappa shape index (κ1) is 38.5. The lowest BCUT2D eigenvalue weighted by Crippen LogP contribution is -2.32. The van der Waals surface area contributed by atoms with Gasteiger partial charge in [0.15, 0.2) is 5.76 Å². The molecule has 0 aromatic heterocycles. The summed E-state index contributed by atoms with van der Waals surface area (Å²) in [6, 6.07) is 10.1. The number of nitrogens with two attached hydrogens (primary N) is 1. The zero-order chi connectivity index (χ0) is 33.5. The van der Waals surface area contributed by atoms with Crippen LogP contribution in [0.3, 0.4) is 0 Å². The summed E-state index contributed by atoms with van der Waals surface area (Å²) in [6.07, 6.45) is 17.8. The van der Waals surface area contributed by atoms with E-state index < -0.39 is 12.1 Å². The van der Waals surface area contributed by atoms with E-state index >= 15 is 0 Å². The topological polar surface area (TPSA) is 146 Å². The van der Waals surface area contributed by atoms with E-state index in [-0.39, 0.29) is 29.9 Å². The van der Waals surface area contributed by atoms with E-state index in [1.165, 1.54) is 24.9 Å². The molecule has 2 rings (SSSR count). The number of primary amides is 1. The molecular weight excluding hydrogens is 598 g/mol. The Bertz CT molecular complexity index is 1270. The van der Waals surface area contributed by atoms with Crippen molar-refractivity contribution in [3.8, 4) is 0 Å². The van der Waals surface area contributed by atoms with Crippen LogP contribution in [-0.2, 0) is 35.0 Å². The Hall–Kier alpha value is -4.57. The molecule has 3 amide bonds. The van der Waals surface area contributed by atoms with Crippen LogP contribution in [0, 0.1) is 0 Å². The predicted octanol–water partition coefficient (Wildman–Crippen LogP) is 5.66. The Kier molecular flexibility index (Phi) is 19.6. The van der Waals surface area contributed by atoms with Gasteiger partial charge in [-0.2, -0.15) is 0 Å². The summed E-state index contributed by atoms with van der Waals surface area (Å²) in [5.41, 5.74) is 7.15. The first-order chi connectivity index (χ1) is 21.5. The second-order valence-electron chi connectivity index (χ2n) is 10.0. The van der Waals surface area contributed by atoms with Crippen molar-refractivity contribution in [1.29, 1.82) is 0 Å². The third kappa shape index (κ3) is 19.4. The Morgan fingerprint density at radius 3 is 2.47 bits per heavy atom. The largest absolute Gasteiger partial charge is 0.490 e. The summed E-state index contributed by atoms with van der Waals surface area (Å²) in [4.78, 5) is 44.2. The minimum absolute atomic E-state index is 0.0611. The van der Waals surface area contributed by atoms with Gasteiger partial charge in [-0.15, -0.1) is 0 Å². The number of carbonyl (C=O) groups is 4. The lowest BCUT2D eigenvalue weighted by Gasteiger charge is -2.20. The van der Waals surface area contributed by atoms with Crippen LogP contribution >= 0.6 is 11.6 Å². The molecule has 0 fully saturated rings. The highest BCUT2D eigenvalue weighted by molar-refractivity contribution is 6.29. The molecule has 0 spiro atoms. The number of cyclic esters (lactones) is 1. The van der Waals surface area contributed by atoms with E-state index in [1.54, 1.807) is 31.2 Å². The van der Waals surface area contributed by atoms with Crippen LogP contribution in [0.5, 0.6) is 0 Å². The number of rotatable bonds is 16. The number of amides is 3. The first-order valence-electron chi connectivity index (χ1n) is 14.5. The van der Waals surface area contributed by atoms with Gasteiger partial charge in [-0.05, 0) is 45.0 Å². The molecule has 1 aliphatic heterocycles. The maximum Gasteiger partial charge on any atom is 0.404 e. The molecule has 0 saturated heterocycles. The van der Waals surface area contributed by atoms with Gasteiger partial charge in [-0.1, -0.05) is 84.0 Å². The average molecular weight is 642 g/mol. The average Bonchev–Trinajstić information content (AvgIpc) is 2.99. The fourth-order valence-electron chi connectivity index (χ4n) is 3.91. The zero-order valence-corrected chi connectivity index (χ0v) is 27.0. The number of esters is 1. The maximum absolute atomic E-state index is 12.0. The van der Waals surface area contributed by atoms with E-state index in [4.69, 9.17) is 31.5 Å². The molecule has 0 bridgehead atoms. The Labute approximate surface area is 270 Å². The molecule has 3 unspecified atom stereocenters. The van der Waals surface area contributed by atoms with Gasteiger partial charge < -0.3 is 30.6 Å². The van der Waals surface area contributed by atoms with Gasteiger partial charge in [0.1, 0.15) is 12.2 Å². The molecule has 4 N–H and O–H groups in total. The Morgan fingerprint density at radius 1 is 1.13 bits per heavy atom. The number of hydrogen-bond acceptors (Lipinski definition) is 7. The van der Waals surface area contributed by atoms with Gasteiger partial charge in [0.05, 0.1) is 7.11 Å². The molecule has 10 nitrogen and oxygen atoms in total. The number of benzene rings is 1. The molecule has 45 heavy (non-hydrogen) atoms. The van der Waals surface area contributed by atoms with Crippen molar-refractivity contribution >= 4 is 36.0 Å². The van der Waals surface area contributed by atoms with Crippen LogP contribution in [0.4, 0.5) is 4.79 Å². The smallest absolute Gasteiger partial charge is 0.404 e. The Morgan fingerprint density at radius 2 is 1.84 bits per heavy atom. The highest BCUT2D eigenvalue weighted by Gasteiger charge is 2.22. The molecule has 1 aromatic rings. The first-order valence-corrected chi connectivity index (χ1v) is 14.9. The van der Waals surface area contributed by atoms with Crippen LogP contribution < -0.4 is 16.4 Å². The van der Waals surface area contributed by atoms with Crippen LogP contribution in [0.25, 0.3) is 0 Å². The monoisotopic (exact) mass is 641 g/mol. The summed E-state index contributed by atoms with van der Waals surface area (Å²) < 4.78 is 15.1. The quantitative estimate of drug-likeness (QED) is 0.0913. The van der Waals surface area contributed by atoms with Gasteiger partial charge >= 0.3 is 12.1 Å². The SMILES string of the molecule is C/C(Cl)=C\CC(C/C=C\NC=O)OC(N)=O.COC1=CCC(C/C=C(C)/C=C\C=C/C(=O)NC(C)Cc2ccccc2)OC1=O. The van der Waals surface area contributed by atoms with Gasteiger partial charge in [0, 0.05) is 42.8 Å². The van der Waals surface area contributed by atoms with Crippen LogP contribution in [0.2, 0.25) is 0 Å². The normalized spacial score (nSPS) is 16.7. The highest BCUT2D eigenvalue weighted by Crippen LogP contribution is 2.18. The third-order valence-electron chi connectivity index (χ3n) is 6.08. The summed E-state index contributed by atoms with van der Waals surface area (Å²) in [5.74, 6) is -0.265. The lowest BCUT2D eigenvalue weighted by molar-refractivity contribution is -0.149. The second kappa shape index (κ2) is 22.9. The minimum Gasteiger partial charge on any atom is -0.490 e. The number of allylic oxidation sites excluding steroid dienone is 5. The third-order valence-corrected chi connectivity index (χ3v) is 6.24. The summed E-state index contributed by atoms with van der Waals surface area (Å²) >= 11 is 5.65. The molecule has 1 aromatic carbocycles. The molecule has 0 radical (unpaired) electrons. The zero-order valence-electron chi connectivity index (χ0n) is 26.2. The standard InChI is InChI=1S/C24H29NO4.C10H15ClN2O3/c1-18(13-14-21-15-16-22(28-3)24(27)29-21)9-7-8-12-23(26)25-19(2)17-20-10-5-4-6-11-20;1-8(11)4-5-9(16-10(12)15)3-2-6-13-7-14/h4-13,16,19,21H,14-15,17H2,1-3H3,(H,25,26);2,4,6-7,9H,3,5H2,1H3,(H2,12,15)(H,13,14)/b9-7-,12-8-,18-13+;6-2-,8-4+. The van der Waals surface area contributed by atoms with Crippen molar-refractivity contribution in [3.63, 3.8) is 0 Å². The van der Waals surface area contributed by atoms with Crippen molar-refractivity contribution in [2.24, 2.45) is 5.73 Å². The number of ether oxygens (including phenoxy) is 3. The highest BCUT2D eigenvalue weighted by atomic mass is 35.5. The van der Waals surface area contributed by atoms with Crippen molar-refractivity contribution in [3.05, 3.63) is 107 Å². The van der Waals surface area contributed by atoms with E-state index in [0.717, 1.165) is 12.0 Å². The van der Waals surface area contributed by atoms with Crippen LogP contribution in [0.15, 0.2) is 102 Å². The summed E-state index contributed by atoms with van der Waals surface area (Å²) in [7, 11) is 1.46. The molecule has 244 valence electrons. The van der Waals surface area contributed by atoms with Crippen molar-refractivity contribution in [1.82, 2.24) is 10.6 Å². The van der Waals surface area contributed by atoms with Crippen molar-refractivity contribution < 1.29 is 33.4 Å². The van der Waals surface area contributed by atoms with E-state index in [2.05, 4.69) is 22.8 Å². The molecule has 0 aliphatic carbocycles. The number of hydrogen-bond donors (Lipinski definition) is 3. The van der Waals surface area contributed by atoms with Gasteiger partial charge in [0.25, 0.3) is 0 Å². The molecule has 11 heteroatoms. The number of methoxy groups -OCH3 is 1. The van der Waals surface area contributed by atoms with Gasteiger partial charge in [-0.25, -0.2) is 9.59 Å². The lowest BCUT2D eigenvalue weighted by atomic mass is 10.1. The fraction of sp³-hybridized carbons (Fsp3) is 0.353. The molecule has 3 atom stereocenters. The summed E-state index contributed by atoms with van der Waals surface area (Å²) in [6.45, 7) is 5.68. The Balaban J connectivity index is 0.000000538. The van der Waals surface area contributed by atoms with E-state index in [1.807, 2.05) is 50.3 Å². The molecule has 1 aliphatic rings. The predicted molar refractivity (Wildman–Crippen MR) is 176 cm³/mol.